The van der Waals surface area contributed by atoms with Gasteiger partial charge in [-0.05, 0) is 70.1 Å². The van der Waals surface area contributed by atoms with Gasteiger partial charge >= 0.3 is 11.9 Å². The Morgan fingerprint density at radius 1 is 0.426 bits per heavy atom. The second-order valence-electron chi connectivity index (χ2n) is 14.7. The molecule has 0 unspecified atom stereocenters. The number of hydrogen-bond donors (Lipinski definition) is 0. The Balaban J connectivity index is 1.40. The van der Waals surface area contributed by atoms with Crippen molar-refractivity contribution in [3.05, 3.63) is 107 Å². The lowest BCUT2D eigenvalue weighted by Crippen LogP contribution is -2.14. The molecule has 268 valence electrons. The summed E-state index contributed by atoms with van der Waals surface area (Å²) in [5, 5.41) is 5.97. The van der Waals surface area contributed by atoms with Crippen molar-refractivity contribution in [3.8, 4) is 33.8 Å². The molecule has 0 N–H and O–H groups in total. The predicted molar refractivity (Wildman–Crippen MR) is 214 cm³/mol. The zero-order valence-corrected chi connectivity index (χ0v) is 30.6. The van der Waals surface area contributed by atoms with Gasteiger partial charge in [0.15, 0.2) is 11.6 Å². The third-order valence-electron chi connectivity index (χ3n) is 11.4. The van der Waals surface area contributed by atoms with E-state index in [1.54, 1.807) is 0 Å². The molecule has 7 aromatic rings. The number of esters is 2. The van der Waals surface area contributed by atoms with Crippen molar-refractivity contribution < 1.29 is 28.7 Å². The zero-order chi connectivity index (χ0) is 37.1. The largest absolute Gasteiger partial charge is 0.426 e. The van der Waals surface area contributed by atoms with Crippen molar-refractivity contribution in [1.29, 1.82) is 0 Å². The zero-order valence-electron chi connectivity index (χ0n) is 30.6. The fraction of sp³-hybridized carbons (Fsp3) is 0.250. The number of carbonyl (C=O) groups excluding carboxylic acids is 4. The van der Waals surface area contributed by atoms with Gasteiger partial charge in [0, 0.05) is 67.4 Å². The van der Waals surface area contributed by atoms with Gasteiger partial charge in [0.2, 0.25) is 0 Å². The van der Waals surface area contributed by atoms with E-state index in [4.69, 9.17) is 9.47 Å². The quantitative estimate of drug-likeness (QED) is 0.0412. The third-order valence-corrected chi connectivity index (χ3v) is 11.4. The molecule has 0 saturated heterocycles. The van der Waals surface area contributed by atoms with Crippen LogP contribution in [0, 0.1) is 0 Å². The summed E-state index contributed by atoms with van der Waals surface area (Å²) in [6.45, 7) is 4.27. The molecule has 0 aliphatic heterocycles. The Labute approximate surface area is 313 Å². The van der Waals surface area contributed by atoms with Gasteiger partial charge in [0.05, 0.1) is 0 Å². The summed E-state index contributed by atoms with van der Waals surface area (Å²) in [6.07, 6.45) is 7.97. The predicted octanol–water partition coefficient (Wildman–Crippen LogP) is 11.9. The molecule has 0 bridgehead atoms. The van der Waals surface area contributed by atoms with Gasteiger partial charge in [-0.1, -0.05) is 113 Å². The van der Waals surface area contributed by atoms with Crippen molar-refractivity contribution in [2.45, 2.75) is 78.1 Å². The van der Waals surface area contributed by atoms with Crippen LogP contribution in [0.2, 0.25) is 0 Å². The van der Waals surface area contributed by atoms with E-state index in [-0.39, 0.29) is 36.3 Å². The van der Waals surface area contributed by atoms with Crippen molar-refractivity contribution in [3.63, 3.8) is 0 Å². The van der Waals surface area contributed by atoms with Crippen LogP contribution in [0.5, 0.6) is 11.5 Å². The molecule has 0 heterocycles. The van der Waals surface area contributed by atoms with Crippen LogP contribution in [-0.2, 0) is 9.59 Å². The van der Waals surface area contributed by atoms with Gasteiger partial charge < -0.3 is 9.47 Å². The van der Waals surface area contributed by atoms with Crippen LogP contribution in [0.25, 0.3) is 65.3 Å². The van der Waals surface area contributed by atoms with E-state index >= 15 is 0 Å². The minimum absolute atomic E-state index is 0.0757. The van der Waals surface area contributed by atoms with E-state index in [1.807, 2.05) is 84.9 Å². The number of ether oxygens (including phenoxy) is 2. The number of hydrogen-bond acceptors (Lipinski definition) is 6. The Hall–Kier alpha value is -5.88. The summed E-state index contributed by atoms with van der Waals surface area (Å²) < 4.78 is 12.8. The van der Waals surface area contributed by atoms with Gasteiger partial charge in [-0.25, -0.2) is 0 Å². The van der Waals surface area contributed by atoms with E-state index in [2.05, 4.69) is 13.8 Å². The number of unbranched alkanes of at least 4 members (excludes halogenated alkanes) is 6. The molecule has 6 heteroatoms. The number of carbonyl (C=O) groups is 4. The number of rotatable bonds is 12. The maximum atomic E-state index is 14.1. The van der Waals surface area contributed by atoms with Gasteiger partial charge in [-0.15, -0.1) is 0 Å². The molecule has 9 rings (SSSR count). The van der Waals surface area contributed by atoms with Crippen LogP contribution in [0.15, 0.2) is 84.9 Å². The van der Waals surface area contributed by atoms with E-state index in [1.165, 1.54) is 0 Å². The molecule has 0 fully saturated rings. The summed E-state index contributed by atoms with van der Waals surface area (Å²) in [4.78, 5) is 55.7. The van der Waals surface area contributed by atoms with Gasteiger partial charge in [-0.3, -0.25) is 19.2 Å². The smallest absolute Gasteiger partial charge is 0.311 e. The van der Waals surface area contributed by atoms with Crippen molar-refractivity contribution >= 4 is 66.6 Å². The molecule has 0 aromatic heterocycles. The molecule has 0 saturated carbocycles. The minimum Gasteiger partial charge on any atom is -0.426 e. The lowest BCUT2D eigenvalue weighted by Gasteiger charge is -2.27. The fourth-order valence-electron chi connectivity index (χ4n) is 8.85. The number of benzene rings is 7. The molecule has 6 nitrogen and oxygen atoms in total. The molecule has 2 aliphatic rings. The lowest BCUT2D eigenvalue weighted by molar-refractivity contribution is -0.135. The Bertz CT molecular complexity index is 2530. The molecular weight excluding hydrogens is 673 g/mol. The second kappa shape index (κ2) is 13.5. The molecule has 0 spiro atoms. The van der Waals surface area contributed by atoms with Crippen LogP contribution in [0.3, 0.4) is 0 Å². The summed E-state index contributed by atoms with van der Waals surface area (Å²) in [5.41, 5.74) is 5.47. The summed E-state index contributed by atoms with van der Waals surface area (Å²) >= 11 is 0. The monoisotopic (exact) mass is 712 g/mol. The maximum absolute atomic E-state index is 14.1. The van der Waals surface area contributed by atoms with E-state index in [0.717, 1.165) is 93.1 Å². The van der Waals surface area contributed by atoms with Gasteiger partial charge in [0.1, 0.15) is 11.5 Å². The van der Waals surface area contributed by atoms with Crippen LogP contribution >= 0.6 is 0 Å². The van der Waals surface area contributed by atoms with Crippen LogP contribution < -0.4 is 9.47 Å². The highest BCUT2D eigenvalue weighted by molar-refractivity contribution is 6.43. The molecule has 2 aliphatic carbocycles. The first-order valence-electron chi connectivity index (χ1n) is 19.4. The Morgan fingerprint density at radius 2 is 0.833 bits per heavy atom. The van der Waals surface area contributed by atoms with Crippen molar-refractivity contribution in [1.82, 2.24) is 0 Å². The molecule has 7 aromatic carbocycles. The van der Waals surface area contributed by atoms with E-state index in [0.29, 0.717) is 57.4 Å². The van der Waals surface area contributed by atoms with Crippen LogP contribution in [-0.4, -0.2) is 23.5 Å². The first-order valence-corrected chi connectivity index (χ1v) is 19.4. The highest BCUT2D eigenvalue weighted by Gasteiger charge is 2.34. The minimum atomic E-state index is -0.348. The molecule has 0 radical (unpaired) electrons. The Kier molecular flexibility index (Phi) is 8.49. The molecule has 0 atom stereocenters. The highest BCUT2D eigenvalue weighted by Crippen LogP contribution is 2.55. The van der Waals surface area contributed by atoms with Crippen molar-refractivity contribution in [2.24, 2.45) is 0 Å². The normalized spacial score (nSPS) is 12.9. The maximum Gasteiger partial charge on any atom is 0.311 e. The molecule has 0 amide bonds. The van der Waals surface area contributed by atoms with E-state index in [9.17, 15) is 19.2 Å². The summed E-state index contributed by atoms with van der Waals surface area (Å²) in [5.74, 6) is -0.163. The third kappa shape index (κ3) is 5.22. The average molecular weight is 713 g/mol. The van der Waals surface area contributed by atoms with E-state index < -0.39 is 0 Å². The average Bonchev–Trinajstić information content (AvgIpc) is 3.19. The Morgan fingerprint density at radius 3 is 1.24 bits per heavy atom. The van der Waals surface area contributed by atoms with Crippen LogP contribution in [0.4, 0.5) is 0 Å². The lowest BCUT2D eigenvalue weighted by atomic mass is 9.76. The number of fused-ring (bicyclic) bond motifs is 6. The van der Waals surface area contributed by atoms with Crippen LogP contribution in [0.1, 0.15) is 110 Å². The standard InChI is InChI=1S/C48H40O6/c1-3-5-7-9-19-39(49)53-37-25-35-27-15-11-13-17-31(27)47(51)33-23-21-29-30-22-24-34-42-36(28-16-12-14-18-32(28)48(34)52)26-38(54-40(50)20-10-8-6-4-2)46(44(30)42)45(37)43(29)41(33)35/h11-18,21-26H,3-10,19-20H2,1-2H3. The first-order chi connectivity index (χ1) is 26.4. The molecular formula is C48H40O6. The SMILES string of the molecule is CCCCCCC(=O)Oc1cc2c3c(ccc4c5ccc6c7c(cc(OC(=O)CCCCCC)c(c1c34)c75)-c1ccccc1C6=O)C(=O)c1ccccc1-2. The fourth-order valence-corrected chi connectivity index (χ4v) is 8.85. The first kappa shape index (κ1) is 33.9. The highest BCUT2D eigenvalue weighted by atomic mass is 16.5. The summed E-state index contributed by atoms with van der Waals surface area (Å²) in [6, 6.07) is 26.6. The number of ketones is 2. The van der Waals surface area contributed by atoms with Gasteiger partial charge in [0.25, 0.3) is 0 Å². The summed E-state index contributed by atoms with van der Waals surface area (Å²) in [7, 11) is 0. The van der Waals surface area contributed by atoms with Crippen molar-refractivity contribution in [2.75, 3.05) is 0 Å². The molecule has 54 heavy (non-hydrogen) atoms. The second-order valence-corrected chi connectivity index (χ2v) is 14.7. The topological polar surface area (TPSA) is 86.7 Å². The van der Waals surface area contributed by atoms with Gasteiger partial charge in [-0.2, -0.15) is 0 Å².